The van der Waals surface area contributed by atoms with Crippen LogP contribution in [0.25, 0.3) is 10.8 Å². The van der Waals surface area contributed by atoms with Gasteiger partial charge in [-0.1, -0.05) is 48.5 Å². The van der Waals surface area contributed by atoms with Crippen molar-refractivity contribution < 1.29 is 10.2 Å². The molecule has 0 saturated carbocycles. The molecule has 0 aliphatic heterocycles. The van der Waals surface area contributed by atoms with Crippen LogP contribution in [0.1, 0.15) is 11.1 Å². The van der Waals surface area contributed by atoms with E-state index in [1.54, 1.807) is 18.3 Å². The van der Waals surface area contributed by atoms with Gasteiger partial charge in [-0.2, -0.15) is 0 Å². The van der Waals surface area contributed by atoms with Crippen molar-refractivity contribution in [3.63, 3.8) is 0 Å². The van der Waals surface area contributed by atoms with Gasteiger partial charge in [-0.15, -0.1) is 0 Å². The first-order valence-electron chi connectivity index (χ1n) is 6.73. The van der Waals surface area contributed by atoms with E-state index in [4.69, 9.17) is 0 Å². The summed E-state index contributed by atoms with van der Waals surface area (Å²) < 4.78 is 0. The van der Waals surface area contributed by atoms with Crippen LogP contribution in [0.4, 0.5) is 0 Å². The lowest BCUT2D eigenvalue weighted by atomic mass is 10.1. The van der Waals surface area contributed by atoms with Crippen LogP contribution in [-0.2, 0) is 6.54 Å². The lowest BCUT2D eigenvalue weighted by molar-refractivity contribution is 0.468. The van der Waals surface area contributed by atoms with Gasteiger partial charge in [0.15, 0.2) is 0 Å². The molecule has 3 aromatic rings. The predicted octanol–water partition coefficient (Wildman–Crippen LogP) is 3.87. The number of para-hydroxylation sites is 1. The molecule has 3 rings (SSSR count). The molecule has 0 bridgehead atoms. The molecule has 3 nitrogen and oxygen atoms in total. The van der Waals surface area contributed by atoms with Crippen molar-refractivity contribution in [2.75, 3.05) is 0 Å². The Balaban J connectivity index is 1.86. The van der Waals surface area contributed by atoms with Crippen LogP contribution in [0.5, 0.6) is 11.5 Å². The standard InChI is InChI=1S/C18H15NO2/c20-17-8-4-2-6-14(17)11-19-12-15-10-9-13-5-1-3-7-16(13)18(15)21/h1-10,12,20-21H,11H2. The smallest absolute Gasteiger partial charge is 0.132 e. The molecule has 0 spiro atoms. The van der Waals surface area contributed by atoms with Crippen LogP contribution in [0.3, 0.4) is 0 Å². The maximum absolute atomic E-state index is 10.3. The normalized spacial score (nSPS) is 11.2. The van der Waals surface area contributed by atoms with Crippen molar-refractivity contribution in [1.29, 1.82) is 0 Å². The van der Waals surface area contributed by atoms with Gasteiger partial charge in [-0.05, 0) is 17.5 Å². The minimum absolute atomic E-state index is 0.231. The molecule has 0 amide bonds. The molecular weight excluding hydrogens is 262 g/mol. The maximum Gasteiger partial charge on any atom is 0.132 e. The van der Waals surface area contributed by atoms with Gasteiger partial charge < -0.3 is 10.2 Å². The minimum atomic E-state index is 0.231. The Bertz CT molecular complexity index is 809. The summed E-state index contributed by atoms with van der Waals surface area (Å²) >= 11 is 0. The van der Waals surface area contributed by atoms with Crippen LogP contribution in [-0.4, -0.2) is 16.4 Å². The molecule has 3 heteroatoms. The highest BCUT2D eigenvalue weighted by Gasteiger charge is 2.04. The second-order valence-corrected chi connectivity index (χ2v) is 4.82. The molecule has 0 aliphatic carbocycles. The Hall–Kier alpha value is -2.81. The van der Waals surface area contributed by atoms with Gasteiger partial charge >= 0.3 is 0 Å². The van der Waals surface area contributed by atoms with Crippen molar-refractivity contribution >= 4 is 17.0 Å². The van der Waals surface area contributed by atoms with Gasteiger partial charge in [0.2, 0.25) is 0 Å². The van der Waals surface area contributed by atoms with Crippen LogP contribution in [0.15, 0.2) is 65.7 Å². The highest BCUT2D eigenvalue weighted by molar-refractivity contribution is 5.97. The number of nitrogens with zero attached hydrogens (tertiary/aromatic N) is 1. The minimum Gasteiger partial charge on any atom is -0.508 e. The largest absolute Gasteiger partial charge is 0.508 e. The van der Waals surface area contributed by atoms with E-state index in [-0.39, 0.29) is 11.5 Å². The number of aliphatic imine (C=N–C) groups is 1. The fourth-order valence-corrected chi connectivity index (χ4v) is 2.26. The van der Waals surface area contributed by atoms with Crippen LogP contribution in [0, 0.1) is 0 Å². The average molecular weight is 277 g/mol. The second-order valence-electron chi connectivity index (χ2n) is 4.82. The highest BCUT2D eigenvalue weighted by atomic mass is 16.3. The van der Waals surface area contributed by atoms with Crippen LogP contribution >= 0.6 is 0 Å². The van der Waals surface area contributed by atoms with Gasteiger partial charge in [-0.25, -0.2) is 0 Å². The third-order valence-corrected chi connectivity index (χ3v) is 3.42. The van der Waals surface area contributed by atoms with E-state index in [0.717, 1.165) is 16.3 Å². The lowest BCUT2D eigenvalue weighted by Gasteiger charge is -2.04. The van der Waals surface area contributed by atoms with Gasteiger partial charge in [0.25, 0.3) is 0 Å². The number of phenols is 2. The molecular formula is C18H15NO2. The third-order valence-electron chi connectivity index (χ3n) is 3.42. The quantitative estimate of drug-likeness (QED) is 0.714. The van der Waals surface area contributed by atoms with Crippen molar-refractivity contribution in [3.05, 3.63) is 71.8 Å². The fraction of sp³-hybridized carbons (Fsp3) is 0.0556. The number of rotatable bonds is 3. The van der Waals surface area contributed by atoms with E-state index in [0.29, 0.717) is 12.1 Å². The Labute approximate surface area is 122 Å². The summed E-state index contributed by atoms with van der Waals surface area (Å²) in [6.45, 7) is 0.374. The predicted molar refractivity (Wildman–Crippen MR) is 85.0 cm³/mol. The number of phenolic OH excluding ortho intramolecular Hbond substituents is 2. The Kier molecular flexibility index (Phi) is 3.56. The number of hydrogen-bond donors (Lipinski definition) is 2. The summed E-state index contributed by atoms with van der Waals surface area (Å²) in [5.41, 5.74) is 1.43. The molecule has 3 aromatic carbocycles. The summed E-state index contributed by atoms with van der Waals surface area (Å²) in [7, 11) is 0. The first-order valence-corrected chi connectivity index (χ1v) is 6.73. The van der Waals surface area contributed by atoms with Crippen molar-refractivity contribution in [1.82, 2.24) is 0 Å². The number of fused-ring (bicyclic) bond motifs is 1. The molecule has 104 valence electrons. The zero-order valence-electron chi connectivity index (χ0n) is 11.4. The van der Waals surface area contributed by atoms with E-state index in [1.165, 1.54) is 0 Å². The maximum atomic E-state index is 10.3. The first-order chi connectivity index (χ1) is 10.3. The Morgan fingerprint density at radius 1 is 0.857 bits per heavy atom. The number of benzene rings is 3. The van der Waals surface area contributed by atoms with E-state index < -0.39 is 0 Å². The topological polar surface area (TPSA) is 52.8 Å². The van der Waals surface area contributed by atoms with Crippen molar-refractivity contribution in [2.24, 2.45) is 4.99 Å². The van der Waals surface area contributed by atoms with E-state index in [9.17, 15) is 10.2 Å². The van der Waals surface area contributed by atoms with Crippen molar-refractivity contribution in [2.45, 2.75) is 6.54 Å². The van der Waals surface area contributed by atoms with E-state index in [1.807, 2.05) is 48.5 Å². The summed E-state index contributed by atoms with van der Waals surface area (Å²) in [4.78, 5) is 4.30. The summed E-state index contributed by atoms with van der Waals surface area (Å²) in [5.74, 6) is 0.464. The first kappa shape index (κ1) is 13.2. The third kappa shape index (κ3) is 2.72. The molecule has 0 fully saturated rings. The Morgan fingerprint density at radius 3 is 2.48 bits per heavy atom. The summed E-state index contributed by atoms with van der Waals surface area (Å²) in [6, 6.07) is 18.6. The fourth-order valence-electron chi connectivity index (χ4n) is 2.26. The van der Waals surface area contributed by atoms with Crippen LogP contribution < -0.4 is 0 Å². The zero-order valence-corrected chi connectivity index (χ0v) is 11.4. The van der Waals surface area contributed by atoms with Crippen molar-refractivity contribution in [3.8, 4) is 11.5 Å². The average Bonchev–Trinajstić information content (AvgIpc) is 2.52. The number of hydrogen-bond acceptors (Lipinski definition) is 3. The SMILES string of the molecule is Oc1ccccc1CN=Cc1ccc2ccccc2c1O. The highest BCUT2D eigenvalue weighted by Crippen LogP contribution is 2.27. The monoisotopic (exact) mass is 277 g/mol. The molecule has 21 heavy (non-hydrogen) atoms. The van der Waals surface area contributed by atoms with Gasteiger partial charge in [0.05, 0.1) is 6.54 Å². The molecule has 0 unspecified atom stereocenters. The zero-order chi connectivity index (χ0) is 14.7. The molecule has 0 aromatic heterocycles. The number of aromatic hydroxyl groups is 2. The lowest BCUT2D eigenvalue weighted by Crippen LogP contribution is -1.87. The molecule has 0 aliphatic rings. The van der Waals surface area contributed by atoms with Gasteiger partial charge in [0, 0.05) is 22.7 Å². The molecule has 2 N–H and O–H groups in total. The van der Waals surface area contributed by atoms with Gasteiger partial charge in [-0.3, -0.25) is 4.99 Å². The summed E-state index contributed by atoms with van der Waals surface area (Å²) in [5, 5.41) is 21.7. The summed E-state index contributed by atoms with van der Waals surface area (Å²) in [6.07, 6.45) is 1.63. The molecule has 0 heterocycles. The van der Waals surface area contributed by atoms with E-state index in [2.05, 4.69) is 4.99 Å². The van der Waals surface area contributed by atoms with E-state index >= 15 is 0 Å². The molecule has 0 saturated heterocycles. The molecule has 0 radical (unpaired) electrons. The Morgan fingerprint density at radius 2 is 1.62 bits per heavy atom. The van der Waals surface area contributed by atoms with Crippen LogP contribution in [0.2, 0.25) is 0 Å². The van der Waals surface area contributed by atoms with Gasteiger partial charge in [0.1, 0.15) is 11.5 Å². The molecule has 0 atom stereocenters. The second kappa shape index (κ2) is 5.67.